The molecule has 0 bridgehead atoms. The summed E-state index contributed by atoms with van der Waals surface area (Å²) < 4.78 is 34.4. The molecule has 0 fully saturated rings. The minimum absolute atomic E-state index is 0.279. The lowest BCUT2D eigenvalue weighted by Gasteiger charge is -2.14. The summed E-state index contributed by atoms with van der Waals surface area (Å²) in [6.07, 6.45) is 0. The highest BCUT2D eigenvalue weighted by atomic mass is 32.2. The minimum atomic E-state index is -3.40. The van der Waals surface area contributed by atoms with E-state index in [1.165, 1.54) is 6.92 Å². The third-order valence-corrected chi connectivity index (χ3v) is 4.23. The predicted octanol–water partition coefficient (Wildman–Crippen LogP) is 1.86. The molecule has 1 aromatic carbocycles. The van der Waals surface area contributed by atoms with Crippen LogP contribution in [-0.4, -0.2) is 33.7 Å². The summed E-state index contributed by atoms with van der Waals surface area (Å²) in [6.45, 7) is 4.70. The lowest BCUT2D eigenvalue weighted by Crippen LogP contribution is -2.23. The van der Waals surface area contributed by atoms with Gasteiger partial charge in [0, 0.05) is 6.61 Å². The summed E-state index contributed by atoms with van der Waals surface area (Å²) >= 11 is 0. The van der Waals surface area contributed by atoms with Crippen molar-refractivity contribution in [3.05, 3.63) is 30.3 Å². The van der Waals surface area contributed by atoms with Crippen molar-refractivity contribution in [2.75, 3.05) is 19.8 Å². The van der Waals surface area contributed by atoms with Gasteiger partial charge in [-0.3, -0.25) is 0 Å². The Hall–Kier alpha value is -0.910. The zero-order chi connectivity index (χ0) is 12.7. The van der Waals surface area contributed by atoms with E-state index in [4.69, 9.17) is 9.47 Å². The van der Waals surface area contributed by atoms with Crippen LogP contribution in [0.25, 0.3) is 0 Å². The van der Waals surface area contributed by atoms with E-state index < -0.39 is 15.3 Å². The summed E-state index contributed by atoms with van der Waals surface area (Å²) in [4.78, 5) is 0.281. The van der Waals surface area contributed by atoms with E-state index in [1.54, 1.807) is 30.3 Å². The van der Waals surface area contributed by atoms with Crippen molar-refractivity contribution in [1.29, 1.82) is 0 Å². The number of rotatable bonds is 7. The van der Waals surface area contributed by atoms with Gasteiger partial charge in [-0.1, -0.05) is 18.2 Å². The van der Waals surface area contributed by atoms with Gasteiger partial charge in [0.2, 0.25) is 9.84 Å². The maximum atomic E-state index is 12.0. The fraction of sp³-hybridized carbons (Fsp3) is 0.500. The molecule has 0 heterocycles. The molecule has 0 N–H and O–H groups in total. The molecule has 1 atom stereocenters. The van der Waals surface area contributed by atoms with Gasteiger partial charge in [0.15, 0.2) is 5.44 Å². The zero-order valence-corrected chi connectivity index (χ0v) is 10.9. The number of benzene rings is 1. The van der Waals surface area contributed by atoms with Crippen molar-refractivity contribution in [2.24, 2.45) is 0 Å². The molecule has 4 nitrogen and oxygen atoms in total. The topological polar surface area (TPSA) is 52.6 Å². The average Bonchev–Trinajstić information content (AvgIpc) is 2.35. The molecule has 0 radical (unpaired) electrons. The van der Waals surface area contributed by atoms with E-state index in [0.29, 0.717) is 13.2 Å². The van der Waals surface area contributed by atoms with E-state index >= 15 is 0 Å². The summed E-state index contributed by atoms with van der Waals surface area (Å²) in [6, 6.07) is 8.30. The summed E-state index contributed by atoms with van der Waals surface area (Å²) in [5.74, 6) is 0. The van der Waals surface area contributed by atoms with Crippen LogP contribution in [0.1, 0.15) is 13.8 Å². The van der Waals surface area contributed by atoms with Gasteiger partial charge in [-0.2, -0.15) is 0 Å². The number of hydrogen-bond acceptors (Lipinski definition) is 4. The Bertz CT molecular complexity index is 413. The second-order valence-electron chi connectivity index (χ2n) is 3.49. The molecule has 0 spiro atoms. The van der Waals surface area contributed by atoms with Crippen LogP contribution in [0.4, 0.5) is 0 Å². The van der Waals surface area contributed by atoms with Gasteiger partial charge in [0.1, 0.15) is 0 Å². The Labute approximate surface area is 102 Å². The maximum Gasteiger partial charge on any atom is 0.204 e. The first-order valence-electron chi connectivity index (χ1n) is 5.57. The minimum Gasteiger partial charge on any atom is -0.379 e. The SMILES string of the molecule is CCOCCOC(C)S(=O)(=O)c1ccccc1. The van der Waals surface area contributed by atoms with Gasteiger partial charge < -0.3 is 9.47 Å². The molecule has 96 valence electrons. The van der Waals surface area contributed by atoms with E-state index in [9.17, 15) is 8.42 Å². The molecule has 0 saturated heterocycles. The average molecular weight is 258 g/mol. The molecular formula is C12H18O4S. The Morgan fingerprint density at radius 3 is 2.41 bits per heavy atom. The van der Waals surface area contributed by atoms with Gasteiger partial charge in [-0.15, -0.1) is 0 Å². The van der Waals surface area contributed by atoms with E-state index in [0.717, 1.165) is 0 Å². The molecule has 0 aliphatic carbocycles. The van der Waals surface area contributed by atoms with Gasteiger partial charge in [0.05, 0.1) is 18.1 Å². The summed E-state index contributed by atoms with van der Waals surface area (Å²) in [5.41, 5.74) is -0.856. The number of sulfone groups is 1. The highest BCUT2D eigenvalue weighted by Gasteiger charge is 2.23. The third kappa shape index (κ3) is 4.11. The van der Waals surface area contributed by atoms with Crippen molar-refractivity contribution < 1.29 is 17.9 Å². The van der Waals surface area contributed by atoms with E-state index in [1.807, 2.05) is 6.92 Å². The second-order valence-corrected chi connectivity index (χ2v) is 5.72. The Balaban J connectivity index is 2.59. The standard InChI is InChI=1S/C12H18O4S/c1-3-15-9-10-16-11(2)17(13,14)12-7-5-4-6-8-12/h4-8,11H,3,9-10H2,1-2H3. The normalized spacial score (nSPS) is 13.5. The fourth-order valence-corrected chi connectivity index (χ4v) is 2.50. The molecule has 0 aliphatic heterocycles. The van der Waals surface area contributed by atoms with Crippen LogP contribution in [0.5, 0.6) is 0 Å². The first-order valence-corrected chi connectivity index (χ1v) is 7.12. The Morgan fingerprint density at radius 2 is 1.82 bits per heavy atom. The largest absolute Gasteiger partial charge is 0.379 e. The summed E-state index contributed by atoms with van der Waals surface area (Å²) in [7, 11) is -3.40. The van der Waals surface area contributed by atoms with Crippen molar-refractivity contribution in [2.45, 2.75) is 24.2 Å². The summed E-state index contributed by atoms with van der Waals surface area (Å²) in [5, 5.41) is 0. The van der Waals surface area contributed by atoms with Crippen LogP contribution in [0.2, 0.25) is 0 Å². The van der Waals surface area contributed by atoms with Crippen LogP contribution in [0, 0.1) is 0 Å². The quantitative estimate of drug-likeness (QED) is 0.700. The Morgan fingerprint density at radius 1 is 1.18 bits per heavy atom. The molecule has 0 aliphatic rings. The monoisotopic (exact) mass is 258 g/mol. The van der Waals surface area contributed by atoms with Crippen LogP contribution in [0.3, 0.4) is 0 Å². The molecule has 17 heavy (non-hydrogen) atoms. The van der Waals surface area contributed by atoms with E-state index in [2.05, 4.69) is 0 Å². The van der Waals surface area contributed by atoms with Gasteiger partial charge in [-0.25, -0.2) is 8.42 Å². The van der Waals surface area contributed by atoms with Gasteiger partial charge in [0.25, 0.3) is 0 Å². The van der Waals surface area contributed by atoms with Crippen molar-refractivity contribution in [3.8, 4) is 0 Å². The third-order valence-electron chi connectivity index (χ3n) is 2.29. The molecule has 5 heteroatoms. The van der Waals surface area contributed by atoms with Crippen LogP contribution in [-0.2, 0) is 19.3 Å². The second kappa shape index (κ2) is 6.74. The van der Waals surface area contributed by atoms with Crippen molar-refractivity contribution in [1.82, 2.24) is 0 Å². The molecule has 1 aromatic rings. The number of ether oxygens (including phenoxy) is 2. The predicted molar refractivity (Wildman–Crippen MR) is 65.5 cm³/mol. The molecule has 1 rings (SSSR count). The van der Waals surface area contributed by atoms with E-state index in [-0.39, 0.29) is 11.5 Å². The first-order chi connectivity index (χ1) is 8.09. The number of hydrogen-bond donors (Lipinski definition) is 0. The lowest BCUT2D eigenvalue weighted by atomic mass is 10.4. The molecular weight excluding hydrogens is 240 g/mol. The lowest BCUT2D eigenvalue weighted by molar-refractivity contribution is 0.0441. The fourth-order valence-electron chi connectivity index (χ4n) is 1.31. The van der Waals surface area contributed by atoms with Crippen LogP contribution >= 0.6 is 0 Å². The Kier molecular flexibility index (Phi) is 5.61. The first kappa shape index (κ1) is 14.2. The van der Waals surface area contributed by atoms with Crippen LogP contribution < -0.4 is 0 Å². The smallest absolute Gasteiger partial charge is 0.204 e. The molecule has 0 saturated carbocycles. The molecule has 1 unspecified atom stereocenters. The molecule has 0 aromatic heterocycles. The molecule has 0 amide bonds. The van der Waals surface area contributed by atoms with Gasteiger partial charge in [-0.05, 0) is 26.0 Å². The maximum absolute atomic E-state index is 12.0. The van der Waals surface area contributed by atoms with Crippen molar-refractivity contribution >= 4 is 9.84 Å². The highest BCUT2D eigenvalue weighted by molar-refractivity contribution is 7.91. The van der Waals surface area contributed by atoms with Crippen LogP contribution in [0.15, 0.2) is 35.2 Å². The highest BCUT2D eigenvalue weighted by Crippen LogP contribution is 2.15. The van der Waals surface area contributed by atoms with Gasteiger partial charge >= 0.3 is 0 Å². The zero-order valence-electron chi connectivity index (χ0n) is 10.1. The van der Waals surface area contributed by atoms with Crippen molar-refractivity contribution in [3.63, 3.8) is 0 Å².